The summed E-state index contributed by atoms with van der Waals surface area (Å²) >= 11 is 0. The van der Waals surface area contributed by atoms with E-state index in [-0.39, 0.29) is 18.4 Å². The molecule has 24 heavy (non-hydrogen) atoms. The Bertz CT molecular complexity index is 817. The fraction of sp³-hybridized carbons (Fsp3) is 0.278. The summed E-state index contributed by atoms with van der Waals surface area (Å²) in [7, 11) is 1.68. The Balaban J connectivity index is 1.76. The zero-order chi connectivity index (χ0) is 17.3. The first-order valence-electron chi connectivity index (χ1n) is 7.81. The van der Waals surface area contributed by atoms with E-state index < -0.39 is 0 Å². The molecule has 0 saturated carbocycles. The highest BCUT2D eigenvalue weighted by molar-refractivity contribution is 6.03. The van der Waals surface area contributed by atoms with Crippen LogP contribution in [0.4, 0.5) is 11.5 Å². The molecular formula is C18H20N4O2. The second-order valence-corrected chi connectivity index (χ2v) is 5.94. The number of nitrogens with one attached hydrogen (secondary N) is 2. The molecule has 0 bridgehead atoms. The zero-order valence-electron chi connectivity index (χ0n) is 14.0. The third kappa shape index (κ3) is 2.95. The highest BCUT2D eigenvalue weighted by atomic mass is 16.2. The van der Waals surface area contributed by atoms with E-state index in [1.165, 1.54) is 22.2 Å². The van der Waals surface area contributed by atoms with Crippen LogP contribution < -0.4 is 15.5 Å². The largest absolute Gasteiger partial charge is 0.359 e. The van der Waals surface area contributed by atoms with Crippen molar-refractivity contribution in [3.8, 4) is 0 Å². The maximum absolute atomic E-state index is 12.4. The Morgan fingerprint density at radius 1 is 1.38 bits per heavy atom. The van der Waals surface area contributed by atoms with E-state index in [1.54, 1.807) is 13.1 Å². The van der Waals surface area contributed by atoms with Crippen molar-refractivity contribution in [3.05, 3.63) is 52.7 Å². The third-order valence-corrected chi connectivity index (χ3v) is 4.43. The zero-order valence-corrected chi connectivity index (χ0v) is 14.0. The van der Waals surface area contributed by atoms with E-state index in [4.69, 9.17) is 0 Å². The molecule has 0 unspecified atom stereocenters. The summed E-state index contributed by atoms with van der Waals surface area (Å²) in [5.74, 6) is 0.345. The van der Waals surface area contributed by atoms with Crippen LogP contribution in [0.3, 0.4) is 0 Å². The number of rotatable bonds is 3. The lowest BCUT2D eigenvalue weighted by Crippen LogP contribution is -2.37. The van der Waals surface area contributed by atoms with Gasteiger partial charge in [-0.15, -0.1) is 0 Å². The molecule has 0 saturated heterocycles. The Hall–Kier alpha value is -2.89. The van der Waals surface area contributed by atoms with Crippen LogP contribution in [0.1, 0.15) is 27.0 Å². The summed E-state index contributed by atoms with van der Waals surface area (Å²) in [6.07, 6.45) is 1.52. The minimum atomic E-state index is -0.211. The molecule has 2 heterocycles. The highest BCUT2D eigenvalue weighted by Crippen LogP contribution is 2.27. The number of pyridine rings is 1. The minimum absolute atomic E-state index is 0.0581. The lowest BCUT2D eigenvalue weighted by atomic mass is 10.0. The molecule has 124 valence electrons. The number of aromatic nitrogens is 1. The fourth-order valence-corrected chi connectivity index (χ4v) is 2.66. The Morgan fingerprint density at radius 3 is 2.96 bits per heavy atom. The monoisotopic (exact) mass is 324 g/mol. The second kappa shape index (κ2) is 6.31. The number of carbonyl (C=O) groups is 2. The Labute approximate surface area is 140 Å². The van der Waals surface area contributed by atoms with Gasteiger partial charge in [0.15, 0.2) is 0 Å². The second-order valence-electron chi connectivity index (χ2n) is 5.94. The van der Waals surface area contributed by atoms with Crippen molar-refractivity contribution in [1.29, 1.82) is 0 Å². The molecule has 1 aromatic carbocycles. The molecule has 1 aromatic heterocycles. The maximum atomic E-state index is 12.4. The van der Waals surface area contributed by atoms with Gasteiger partial charge in [0, 0.05) is 19.8 Å². The predicted molar refractivity (Wildman–Crippen MR) is 93.2 cm³/mol. The SMILES string of the molecule is Cc1cccc(CNC(=O)c2cnc3c(c2)N(C)C(=O)CN3)c1C. The van der Waals surface area contributed by atoms with E-state index >= 15 is 0 Å². The summed E-state index contributed by atoms with van der Waals surface area (Å²) in [6.45, 7) is 4.77. The van der Waals surface area contributed by atoms with Crippen molar-refractivity contribution in [1.82, 2.24) is 10.3 Å². The molecule has 0 spiro atoms. The quantitative estimate of drug-likeness (QED) is 0.906. The van der Waals surface area contributed by atoms with E-state index in [0.717, 1.165) is 5.56 Å². The van der Waals surface area contributed by atoms with Crippen LogP contribution in [0, 0.1) is 13.8 Å². The van der Waals surface area contributed by atoms with Crippen molar-refractivity contribution in [2.45, 2.75) is 20.4 Å². The van der Waals surface area contributed by atoms with Gasteiger partial charge in [0.2, 0.25) is 5.91 Å². The Kier molecular flexibility index (Phi) is 4.20. The topological polar surface area (TPSA) is 74.3 Å². The van der Waals surface area contributed by atoms with Crippen LogP contribution in [-0.2, 0) is 11.3 Å². The summed E-state index contributed by atoms with van der Waals surface area (Å²) in [5, 5.41) is 5.86. The first-order valence-corrected chi connectivity index (χ1v) is 7.81. The average Bonchev–Trinajstić information content (AvgIpc) is 2.59. The molecule has 6 nitrogen and oxygen atoms in total. The number of likely N-dealkylation sites (N-methyl/N-ethyl adjacent to an activating group) is 1. The van der Waals surface area contributed by atoms with Crippen LogP contribution in [0.2, 0.25) is 0 Å². The van der Waals surface area contributed by atoms with Crippen LogP contribution in [0.25, 0.3) is 0 Å². The molecule has 6 heteroatoms. The number of carbonyl (C=O) groups excluding carboxylic acids is 2. The number of hydrogen-bond donors (Lipinski definition) is 2. The standard InChI is InChI=1S/C18H20N4O2/c1-11-5-4-6-13(12(11)2)8-21-18(24)14-7-15-17(19-9-14)20-10-16(23)22(15)3/h4-7,9H,8,10H2,1-3H3,(H,19,20)(H,21,24). The summed E-state index contributed by atoms with van der Waals surface area (Å²) in [6, 6.07) is 7.72. The molecule has 0 fully saturated rings. The highest BCUT2D eigenvalue weighted by Gasteiger charge is 2.22. The van der Waals surface area contributed by atoms with Crippen LogP contribution in [-0.4, -0.2) is 30.4 Å². The van der Waals surface area contributed by atoms with Crippen molar-refractivity contribution in [3.63, 3.8) is 0 Å². The van der Waals surface area contributed by atoms with Gasteiger partial charge >= 0.3 is 0 Å². The molecule has 2 aromatic rings. The molecule has 2 amide bonds. The number of nitrogens with zero attached hydrogens (tertiary/aromatic N) is 2. The van der Waals surface area contributed by atoms with Crippen molar-refractivity contribution >= 4 is 23.3 Å². The van der Waals surface area contributed by atoms with E-state index in [1.807, 2.05) is 32.0 Å². The van der Waals surface area contributed by atoms with Gasteiger partial charge in [-0.3, -0.25) is 9.59 Å². The third-order valence-electron chi connectivity index (χ3n) is 4.43. The van der Waals surface area contributed by atoms with Gasteiger partial charge in [-0.1, -0.05) is 18.2 Å². The van der Waals surface area contributed by atoms with Gasteiger partial charge in [-0.05, 0) is 36.6 Å². The number of benzene rings is 1. The summed E-state index contributed by atoms with van der Waals surface area (Å²) in [5.41, 5.74) is 4.51. The summed E-state index contributed by atoms with van der Waals surface area (Å²) in [4.78, 5) is 29.9. The first-order chi connectivity index (χ1) is 11.5. The molecule has 1 aliphatic heterocycles. The maximum Gasteiger partial charge on any atom is 0.253 e. The number of fused-ring (bicyclic) bond motifs is 1. The predicted octanol–water partition coefficient (Wildman–Crippen LogP) is 2.02. The average molecular weight is 324 g/mol. The lowest BCUT2D eigenvalue weighted by molar-refractivity contribution is -0.116. The molecular weight excluding hydrogens is 304 g/mol. The van der Waals surface area contributed by atoms with E-state index in [9.17, 15) is 9.59 Å². The van der Waals surface area contributed by atoms with E-state index in [0.29, 0.717) is 23.6 Å². The van der Waals surface area contributed by atoms with Crippen LogP contribution >= 0.6 is 0 Å². The number of anilines is 2. The van der Waals surface area contributed by atoms with Crippen molar-refractivity contribution < 1.29 is 9.59 Å². The minimum Gasteiger partial charge on any atom is -0.359 e. The van der Waals surface area contributed by atoms with E-state index in [2.05, 4.69) is 15.6 Å². The van der Waals surface area contributed by atoms with Gasteiger partial charge in [0.1, 0.15) is 5.82 Å². The molecule has 2 N–H and O–H groups in total. The van der Waals surface area contributed by atoms with Gasteiger partial charge in [-0.2, -0.15) is 0 Å². The van der Waals surface area contributed by atoms with Crippen LogP contribution in [0.15, 0.2) is 30.5 Å². The fourth-order valence-electron chi connectivity index (χ4n) is 2.66. The lowest BCUT2D eigenvalue weighted by Gasteiger charge is -2.26. The number of amides is 2. The van der Waals surface area contributed by atoms with Crippen molar-refractivity contribution in [2.75, 3.05) is 23.8 Å². The normalized spacial score (nSPS) is 13.3. The molecule has 0 radical (unpaired) electrons. The van der Waals surface area contributed by atoms with Crippen LogP contribution in [0.5, 0.6) is 0 Å². The van der Waals surface area contributed by atoms with Crippen molar-refractivity contribution in [2.24, 2.45) is 0 Å². The molecule has 1 aliphatic rings. The number of hydrogen-bond acceptors (Lipinski definition) is 4. The molecule has 0 atom stereocenters. The number of aryl methyl sites for hydroxylation is 1. The molecule has 3 rings (SSSR count). The smallest absolute Gasteiger partial charge is 0.253 e. The van der Waals surface area contributed by atoms with Gasteiger partial charge in [0.25, 0.3) is 5.91 Å². The summed E-state index contributed by atoms with van der Waals surface area (Å²) < 4.78 is 0. The van der Waals surface area contributed by atoms with Gasteiger partial charge < -0.3 is 15.5 Å². The van der Waals surface area contributed by atoms with Gasteiger partial charge in [0.05, 0.1) is 17.8 Å². The Morgan fingerprint density at radius 2 is 2.17 bits per heavy atom. The first kappa shape index (κ1) is 16.0. The van der Waals surface area contributed by atoms with Gasteiger partial charge in [-0.25, -0.2) is 4.98 Å². The molecule has 0 aliphatic carbocycles.